The van der Waals surface area contributed by atoms with Crippen LogP contribution >= 0.6 is 0 Å². The lowest BCUT2D eigenvalue weighted by Gasteiger charge is -2.09. The quantitative estimate of drug-likeness (QED) is 0.770. The van der Waals surface area contributed by atoms with Crippen LogP contribution in [0.1, 0.15) is 11.1 Å². The molecule has 1 aromatic heterocycles. The Labute approximate surface area is 133 Å². The van der Waals surface area contributed by atoms with Crippen molar-refractivity contribution in [3.05, 3.63) is 75.8 Å². The summed E-state index contributed by atoms with van der Waals surface area (Å²) in [6.07, 6.45) is 0. The van der Waals surface area contributed by atoms with Crippen molar-refractivity contribution in [3.63, 3.8) is 0 Å². The fraction of sp³-hybridized carbons (Fsp3) is 0.111. The summed E-state index contributed by atoms with van der Waals surface area (Å²) in [5.41, 5.74) is 3.23. The first-order valence-electron chi connectivity index (χ1n) is 7.23. The lowest BCUT2D eigenvalue weighted by Crippen LogP contribution is -2.11. The Bertz CT molecular complexity index is 918. The second-order valence-corrected chi connectivity index (χ2v) is 5.46. The molecule has 0 unspecified atom stereocenters. The molecule has 0 saturated carbocycles. The first-order valence-corrected chi connectivity index (χ1v) is 7.23. The molecule has 0 aliphatic rings. The van der Waals surface area contributed by atoms with Crippen molar-refractivity contribution in [1.82, 2.24) is 9.97 Å². The molecule has 3 rings (SSSR count). The highest BCUT2D eigenvalue weighted by Crippen LogP contribution is 2.21. The number of hydrogen-bond acceptors (Lipinski definition) is 3. The molecule has 4 nitrogen and oxygen atoms in total. The van der Waals surface area contributed by atoms with Crippen LogP contribution in [0.3, 0.4) is 0 Å². The van der Waals surface area contributed by atoms with E-state index in [1.807, 2.05) is 38.1 Å². The molecule has 5 heteroatoms. The normalized spacial score (nSPS) is 10.6. The largest absolute Gasteiger partial charge is 0.323 e. The Balaban J connectivity index is 1.99. The van der Waals surface area contributed by atoms with Crippen molar-refractivity contribution < 1.29 is 4.39 Å². The first-order chi connectivity index (χ1) is 11.0. The lowest BCUT2D eigenvalue weighted by atomic mass is 10.1. The van der Waals surface area contributed by atoms with Crippen LogP contribution in [0.2, 0.25) is 0 Å². The molecule has 0 aliphatic heterocycles. The maximum atomic E-state index is 13.9. The Morgan fingerprint density at radius 1 is 1.04 bits per heavy atom. The lowest BCUT2D eigenvalue weighted by molar-refractivity contribution is 0.630. The van der Waals surface area contributed by atoms with Gasteiger partial charge in [0.2, 0.25) is 5.95 Å². The number of nitrogens with zero attached hydrogens (tertiary/aromatic N) is 1. The van der Waals surface area contributed by atoms with Gasteiger partial charge in [-0.1, -0.05) is 29.8 Å². The van der Waals surface area contributed by atoms with Crippen molar-refractivity contribution >= 4 is 11.6 Å². The number of nitrogens with one attached hydrogen (secondary N) is 2. The van der Waals surface area contributed by atoms with Gasteiger partial charge < -0.3 is 5.32 Å². The van der Waals surface area contributed by atoms with Gasteiger partial charge in [-0.25, -0.2) is 9.37 Å². The van der Waals surface area contributed by atoms with Gasteiger partial charge in [0, 0.05) is 11.6 Å². The molecule has 0 amide bonds. The van der Waals surface area contributed by atoms with Crippen molar-refractivity contribution in [3.8, 4) is 11.3 Å². The number of H-pyrrole nitrogens is 1. The zero-order valence-corrected chi connectivity index (χ0v) is 12.9. The first kappa shape index (κ1) is 15.0. The highest BCUT2D eigenvalue weighted by molar-refractivity contribution is 5.62. The number of aryl methyl sites for hydroxylation is 2. The summed E-state index contributed by atoms with van der Waals surface area (Å²) < 4.78 is 13.9. The minimum atomic E-state index is -0.395. The second-order valence-electron chi connectivity index (χ2n) is 5.46. The van der Waals surface area contributed by atoms with Gasteiger partial charge >= 0.3 is 0 Å². The Morgan fingerprint density at radius 3 is 2.57 bits per heavy atom. The summed E-state index contributed by atoms with van der Waals surface area (Å²) in [5.74, 6) is -0.189. The van der Waals surface area contributed by atoms with Gasteiger partial charge in [-0.05, 0) is 37.6 Å². The fourth-order valence-corrected chi connectivity index (χ4v) is 2.32. The van der Waals surface area contributed by atoms with Gasteiger partial charge in [0.1, 0.15) is 5.82 Å². The van der Waals surface area contributed by atoms with E-state index in [1.54, 1.807) is 12.1 Å². The van der Waals surface area contributed by atoms with Crippen LogP contribution in [-0.2, 0) is 0 Å². The molecule has 0 bridgehead atoms. The monoisotopic (exact) mass is 309 g/mol. The van der Waals surface area contributed by atoms with E-state index in [2.05, 4.69) is 15.3 Å². The molecular weight excluding hydrogens is 293 g/mol. The van der Waals surface area contributed by atoms with Crippen LogP contribution < -0.4 is 10.9 Å². The number of hydrogen-bond donors (Lipinski definition) is 2. The zero-order valence-electron chi connectivity index (χ0n) is 12.9. The highest BCUT2D eigenvalue weighted by Gasteiger charge is 2.07. The van der Waals surface area contributed by atoms with Gasteiger partial charge in [0.25, 0.3) is 5.56 Å². The van der Waals surface area contributed by atoms with Crippen molar-refractivity contribution in [2.45, 2.75) is 13.8 Å². The maximum absolute atomic E-state index is 13.9. The predicted octanol–water partition coefficient (Wildman–Crippen LogP) is 3.94. The number of aromatic nitrogens is 2. The topological polar surface area (TPSA) is 57.8 Å². The van der Waals surface area contributed by atoms with Crippen LogP contribution in [-0.4, -0.2) is 9.97 Å². The van der Waals surface area contributed by atoms with E-state index in [-0.39, 0.29) is 17.2 Å². The summed E-state index contributed by atoms with van der Waals surface area (Å²) in [7, 11) is 0. The molecule has 0 aliphatic carbocycles. The van der Waals surface area contributed by atoms with E-state index >= 15 is 0 Å². The van der Waals surface area contributed by atoms with E-state index in [9.17, 15) is 9.18 Å². The molecule has 1 heterocycles. The van der Waals surface area contributed by atoms with Gasteiger partial charge in [0.05, 0.1) is 11.4 Å². The molecule has 0 saturated heterocycles. The Hall–Kier alpha value is -2.95. The molecular formula is C18H16FN3O. The van der Waals surface area contributed by atoms with E-state index in [1.165, 1.54) is 12.1 Å². The molecule has 0 atom stereocenters. The Kier molecular flexibility index (Phi) is 3.93. The van der Waals surface area contributed by atoms with Gasteiger partial charge in [-0.15, -0.1) is 0 Å². The minimum absolute atomic E-state index is 0.205. The summed E-state index contributed by atoms with van der Waals surface area (Å²) >= 11 is 0. The number of halogens is 1. The standard InChI is InChI=1S/C18H16FN3O/c1-11-4-3-5-13(8-11)16-10-17(23)22-18(21-16)20-15-7-6-12(2)9-14(15)19/h3-10H,1-2H3,(H2,20,21,22,23). The summed E-state index contributed by atoms with van der Waals surface area (Å²) in [4.78, 5) is 18.8. The number of rotatable bonds is 3. The third-order valence-corrected chi connectivity index (χ3v) is 3.43. The number of anilines is 2. The third-order valence-electron chi connectivity index (χ3n) is 3.43. The smallest absolute Gasteiger partial charge is 0.252 e. The van der Waals surface area contributed by atoms with Crippen molar-refractivity contribution in [2.24, 2.45) is 0 Å². The highest BCUT2D eigenvalue weighted by atomic mass is 19.1. The van der Waals surface area contributed by atoms with Crippen LogP contribution in [0.15, 0.2) is 53.3 Å². The molecule has 2 aromatic carbocycles. The minimum Gasteiger partial charge on any atom is -0.323 e. The van der Waals surface area contributed by atoms with Crippen LogP contribution in [0.5, 0.6) is 0 Å². The van der Waals surface area contributed by atoms with E-state index in [4.69, 9.17) is 0 Å². The van der Waals surface area contributed by atoms with Crippen LogP contribution in [0, 0.1) is 19.7 Å². The average Bonchev–Trinajstić information content (AvgIpc) is 2.50. The molecule has 116 valence electrons. The summed E-state index contributed by atoms with van der Waals surface area (Å²) in [6, 6.07) is 13.9. The zero-order chi connectivity index (χ0) is 16.4. The molecule has 0 spiro atoms. The maximum Gasteiger partial charge on any atom is 0.252 e. The van der Waals surface area contributed by atoms with E-state index in [0.717, 1.165) is 16.7 Å². The fourth-order valence-electron chi connectivity index (χ4n) is 2.32. The molecule has 2 N–H and O–H groups in total. The van der Waals surface area contributed by atoms with Crippen LogP contribution in [0.25, 0.3) is 11.3 Å². The molecule has 3 aromatic rings. The van der Waals surface area contributed by atoms with Crippen molar-refractivity contribution in [1.29, 1.82) is 0 Å². The second kappa shape index (κ2) is 6.04. The number of benzene rings is 2. The van der Waals surface area contributed by atoms with Crippen molar-refractivity contribution in [2.75, 3.05) is 5.32 Å². The number of aromatic amines is 1. The Morgan fingerprint density at radius 2 is 1.83 bits per heavy atom. The van der Waals surface area contributed by atoms with Crippen LogP contribution in [0.4, 0.5) is 16.0 Å². The van der Waals surface area contributed by atoms with E-state index in [0.29, 0.717) is 5.69 Å². The molecule has 23 heavy (non-hydrogen) atoms. The van der Waals surface area contributed by atoms with Gasteiger partial charge in [-0.2, -0.15) is 0 Å². The molecule has 0 fully saturated rings. The summed E-state index contributed by atoms with van der Waals surface area (Å²) in [5, 5.41) is 2.82. The predicted molar refractivity (Wildman–Crippen MR) is 89.5 cm³/mol. The van der Waals surface area contributed by atoms with E-state index < -0.39 is 5.82 Å². The third kappa shape index (κ3) is 3.45. The summed E-state index contributed by atoms with van der Waals surface area (Å²) in [6.45, 7) is 3.78. The average molecular weight is 309 g/mol. The molecule has 0 radical (unpaired) electrons. The SMILES string of the molecule is Cc1cccc(-c2cc(=O)[nH]c(Nc3ccc(C)cc3F)n2)c1. The van der Waals surface area contributed by atoms with Gasteiger partial charge in [-0.3, -0.25) is 9.78 Å². The van der Waals surface area contributed by atoms with Gasteiger partial charge in [0.15, 0.2) is 0 Å².